The number of nitrogens with one attached hydrogen (secondary N) is 1. The van der Waals surface area contributed by atoms with Crippen molar-refractivity contribution < 1.29 is 18.4 Å². The van der Waals surface area contributed by atoms with Gasteiger partial charge in [0.1, 0.15) is 0 Å². The Morgan fingerprint density at radius 2 is 1.59 bits per heavy atom. The van der Waals surface area contributed by atoms with Gasteiger partial charge in [-0.1, -0.05) is 62.2 Å². The largest absolute Gasteiger partial charge is 0.289 e. The first-order valence-corrected chi connectivity index (χ1v) is 10.5. The lowest BCUT2D eigenvalue weighted by Crippen LogP contribution is -2.35. The third-order valence-electron chi connectivity index (χ3n) is 4.32. The average Bonchev–Trinajstić information content (AvgIpc) is 2.70. The minimum absolute atomic E-state index is 0.0267. The summed E-state index contributed by atoms with van der Waals surface area (Å²) in [6.45, 7) is 2.41. The van der Waals surface area contributed by atoms with Gasteiger partial charge in [-0.3, -0.25) is 10.0 Å². The molecule has 2 aromatic carbocycles. The van der Waals surface area contributed by atoms with E-state index in [9.17, 15) is 13.2 Å². The first-order valence-electron chi connectivity index (χ1n) is 9.07. The molecule has 1 amide bonds. The smallest absolute Gasteiger partial charge is 0.244 e. The molecule has 2 aromatic rings. The lowest BCUT2D eigenvalue weighted by Gasteiger charge is -2.22. The van der Waals surface area contributed by atoms with Gasteiger partial charge in [-0.05, 0) is 29.7 Å². The highest BCUT2D eigenvalue weighted by Crippen LogP contribution is 2.23. The number of hydroxylamine groups is 1. The maximum Gasteiger partial charge on any atom is 0.244 e. The molecule has 0 fully saturated rings. The van der Waals surface area contributed by atoms with Gasteiger partial charge in [0.25, 0.3) is 0 Å². The molecule has 7 heteroatoms. The number of benzene rings is 2. The molecule has 6 nitrogen and oxygen atoms in total. The predicted molar refractivity (Wildman–Crippen MR) is 105 cm³/mol. The molecule has 0 aliphatic rings. The van der Waals surface area contributed by atoms with Gasteiger partial charge in [-0.2, -0.15) is 4.31 Å². The maximum atomic E-state index is 13.0. The van der Waals surface area contributed by atoms with E-state index >= 15 is 0 Å². The molecule has 0 aliphatic heterocycles. The van der Waals surface area contributed by atoms with E-state index in [-0.39, 0.29) is 17.9 Å². The van der Waals surface area contributed by atoms with Crippen molar-refractivity contribution in [3.63, 3.8) is 0 Å². The lowest BCUT2D eigenvalue weighted by atomic mass is 10.1. The van der Waals surface area contributed by atoms with Crippen LogP contribution in [-0.4, -0.2) is 36.9 Å². The van der Waals surface area contributed by atoms with E-state index in [2.05, 4.69) is 0 Å². The van der Waals surface area contributed by atoms with Crippen molar-refractivity contribution in [2.75, 3.05) is 13.1 Å². The Kier molecular flexibility index (Phi) is 7.97. The average molecular weight is 391 g/mol. The molecule has 2 N–H and O–H groups in total. The maximum absolute atomic E-state index is 13.0. The Hall–Kier alpha value is -2.22. The highest BCUT2D eigenvalue weighted by molar-refractivity contribution is 7.89. The number of hydrogen-bond acceptors (Lipinski definition) is 4. The van der Waals surface area contributed by atoms with E-state index in [1.165, 1.54) is 4.31 Å². The molecule has 0 spiro atoms. The van der Waals surface area contributed by atoms with Gasteiger partial charge >= 0.3 is 0 Å². The van der Waals surface area contributed by atoms with Crippen LogP contribution >= 0.6 is 0 Å². The van der Waals surface area contributed by atoms with Crippen LogP contribution < -0.4 is 5.48 Å². The Balaban J connectivity index is 2.20. The third-order valence-corrected chi connectivity index (χ3v) is 6.24. The topological polar surface area (TPSA) is 86.7 Å². The molecule has 0 unspecified atom stereocenters. The van der Waals surface area contributed by atoms with Crippen molar-refractivity contribution >= 4 is 15.9 Å². The molecule has 27 heavy (non-hydrogen) atoms. The van der Waals surface area contributed by atoms with Crippen LogP contribution in [-0.2, 0) is 14.8 Å². The molecule has 0 saturated heterocycles. The highest BCUT2D eigenvalue weighted by Gasteiger charge is 2.24. The Morgan fingerprint density at radius 1 is 0.963 bits per heavy atom. The Bertz CT molecular complexity index is 821. The molecule has 0 aromatic heterocycles. The summed E-state index contributed by atoms with van der Waals surface area (Å²) in [6.07, 6.45) is 2.50. The summed E-state index contributed by atoms with van der Waals surface area (Å²) in [5.41, 5.74) is 3.50. The van der Waals surface area contributed by atoms with Gasteiger partial charge < -0.3 is 0 Å². The summed E-state index contributed by atoms with van der Waals surface area (Å²) in [5, 5.41) is 8.65. The standard InChI is InChI=1S/C20H26N2O4S/c1-2-3-7-15-22(16-14-20(23)21-24)27(25,26)19-12-10-18(11-13-19)17-8-5-4-6-9-17/h4-6,8-13,24H,2-3,7,14-16H2,1H3,(H,21,23). The van der Waals surface area contributed by atoms with Gasteiger partial charge in [0.05, 0.1) is 4.90 Å². The number of sulfonamides is 1. The quantitative estimate of drug-likeness (QED) is 0.370. The number of rotatable bonds is 10. The molecule has 2 rings (SSSR count). The lowest BCUT2D eigenvalue weighted by molar-refractivity contribution is -0.129. The van der Waals surface area contributed by atoms with Crippen LogP contribution in [0, 0.1) is 0 Å². The molecule has 146 valence electrons. The Labute approximate surface area is 160 Å². The van der Waals surface area contributed by atoms with Crippen molar-refractivity contribution in [1.82, 2.24) is 9.79 Å². The summed E-state index contributed by atoms with van der Waals surface area (Å²) in [7, 11) is -3.71. The zero-order valence-electron chi connectivity index (χ0n) is 15.5. The number of carbonyl (C=O) groups excluding carboxylic acids is 1. The zero-order valence-corrected chi connectivity index (χ0v) is 16.3. The van der Waals surface area contributed by atoms with Crippen LogP contribution in [0.25, 0.3) is 11.1 Å². The first-order chi connectivity index (χ1) is 13.0. The third kappa shape index (κ3) is 5.89. The summed E-state index contributed by atoms with van der Waals surface area (Å²) in [6, 6.07) is 16.5. The highest BCUT2D eigenvalue weighted by atomic mass is 32.2. The van der Waals surface area contributed by atoms with E-state index in [0.717, 1.165) is 30.4 Å². The number of unbranched alkanes of at least 4 members (excludes halogenated alkanes) is 2. The van der Waals surface area contributed by atoms with Crippen LogP contribution in [0.2, 0.25) is 0 Å². The van der Waals surface area contributed by atoms with Gasteiger partial charge in [0.2, 0.25) is 15.9 Å². The Morgan fingerprint density at radius 3 is 2.19 bits per heavy atom. The van der Waals surface area contributed by atoms with Crippen LogP contribution in [0.1, 0.15) is 32.6 Å². The minimum atomic E-state index is -3.71. The monoisotopic (exact) mass is 390 g/mol. The van der Waals surface area contributed by atoms with E-state index in [0.29, 0.717) is 6.54 Å². The predicted octanol–water partition coefficient (Wildman–Crippen LogP) is 3.43. The van der Waals surface area contributed by atoms with Gasteiger partial charge in [-0.15, -0.1) is 0 Å². The molecule has 0 bridgehead atoms. The fourth-order valence-electron chi connectivity index (χ4n) is 2.77. The fourth-order valence-corrected chi connectivity index (χ4v) is 4.25. The van der Waals surface area contributed by atoms with Crippen molar-refractivity contribution in [3.8, 4) is 11.1 Å². The first kappa shape index (κ1) is 21.1. The molecule has 0 aliphatic carbocycles. The molecule has 0 saturated carbocycles. The van der Waals surface area contributed by atoms with Crippen LogP contribution in [0.15, 0.2) is 59.5 Å². The van der Waals surface area contributed by atoms with Crippen molar-refractivity contribution in [2.24, 2.45) is 0 Å². The number of carbonyl (C=O) groups is 1. The van der Waals surface area contributed by atoms with Crippen molar-refractivity contribution in [2.45, 2.75) is 37.5 Å². The molecule has 0 atom stereocenters. The van der Waals surface area contributed by atoms with Crippen LogP contribution in [0.4, 0.5) is 0 Å². The van der Waals surface area contributed by atoms with Gasteiger partial charge in [0, 0.05) is 19.5 Å². The van der Waals surface area contributed by atoms with Crippen LogP contribution in [0.5, 0.6) is 0 Å². The van der Waals surface area contributed by atoms with Gasteiger partial charge in [0.15, 0.2) is 0 Å². The van der Waals surface area contributed by atoms with Crippen molar-refractivity contribution in [3.05, 3.63) is 54.6 Å². The second-order valence-corrected chi connectivity index (χ2v) is 8.22. The molecule has 0 radical (unpaired) electrons. The van der Waals surface area contributed by atoms with Crippen molar-refractivity contribution in [1.29, 1.82) is 0 Å². The SMILES string of the molecule is CCCCCN(CCC(=O)NO)S(=O)(=O)c1ccc(-c2ccccc2)cc1. The van der Waals surface area contributed by atoms with E-state index in [4.69, 9.17) is 5.21 Å². The van der Waals surface area contributed by atoms with Crippen LogP contribution in [0.3, 0.4) is 0 Å². The number of hydrogen-bond donors (Lipinski definition) is 2. The summed E-state index contributed by atoms with van der Waals surface area (Å²) >= 11 is 0. The molecular formula is C20H26N2O4S. The van der Waals surface area contributed by atoms with Gasteiger partial charge in [-0.25, -0.2) is 13.9 Å². The summed E-state index contributed by atoms with van der Waals surface area (Å²) in [5.74, 6) is -0.606. The molecular weight excluding hydrogens is 364 g/mol. The minimum Gasteiger partial charge on any atom is -0.289 e. The fraction of sp³-hybridized carbons (Fsp3) is 0.350. The second kappa shape index (κ2) is 10.2. The van der Waals surface area contributed by atoms with E-state index in [1.54, 1.807) is 29.7 Å². The number of amides is 1. The zero-order chi connectivity index (χ0) is 19.7. The summed E-state index contributed by atoms with van der Waals surface area (Å²) < 4.78 is 27.3. The van der Waals surface area contributed by atoms with E-state index in [1.807, 2.05) is 37.3 Å². The van der Waals surface area contributed by atoms with E-state index < -0.39 is 15.9 Å². The molecule has 0 heterocycles. The number of nitrogens with zero attached hydrogens (tertiary/aromatic N) is 1. The normalized spacial score (nSPS) is 11.5. The second-order valence-electron chi connectivity index (χ2n) is 6.29. The summed E-state index contributed by atoms with van der Waals surface area (Å²) in [4.78, 5) is 11.5.